The number of unbranched alkanes of at least 4 members (excludes halogenated alkanes) is 1. The third kappa shape index (κ3) is 4.48. The first-order valence-electron chi connectivity index (χ1n) is 8.82. The highest BCUT2D eigenvalue weighted by Gasteiger charge is 2.32. The normalized spacial score (nSPS) is 13.7. The summed E-state index contributed by atoms with van der Waals surface area (Å²) in [7, 11) is 1.58. The second kappa shape index (κ2) is 8.30. The van der Waals surface area contributed by atoms with Crippen molar-refractivity contribution < 1.29 is 14.3 Å². The lowest BCUT2D eigenvalue weighted by Crippen LogP contribution is -2.42. The zero-order valence-electron chi connectivity index (χ0n) is 15.8. The largest absolute Gasteiger partial charge is 0.489 e. The van der Waals surface area contributed by atoms with E-state index in [1.807, 2.05) is 45.0 Å². The van der Waals surface area contributed by atoms with Crippen LogP contribution in [0.2, 0.25) is 0 Å². The summed E-state index contributed by atoms with van der Waals surface area (Å²) in [5.41, 5.74) is 0.600. The number of nitrogens with zero attached hydrogens (tertiary/aromatic N) is 1. The molecule has 25 heavy (non-hydrogen) atoms. The highest BCUT2D eigenvalue weighted by molar-refractivity contribution is 6.05. The average molecular weight is 344 g/mol. The number of hydrogen-bond acceptors (Lipinski definition) is 4. The number of methoxy groups -OCH3 is 1. The van der Waals surface area contributed by atoms with Crippen LogP contribution >= 0.6 is 0 Å². The monoisotopic (exact) mass is 344 g/mol. The number of anilines is 1. The summed E-state index contributed by atoms with van der Waals surface area (Å²) >= 11 is 0. The standard InChI is InChI=1S/C20H28N2O3/c1-6-7-12-20(4,24-5)19(23)22-16-10-11-17(25-14(2)3)18-15(16)9-8-13-21-18/h8-11,13-14H,6-7,12H2,1-5H3,(H,22,23). The summed E-state index contributed by atoms with van der Waals surface area (Å²) in [4.78, 5) is 17.2. The number of fused-ring (bicyclic) bond motifs is 1. The van der Waals surface area contributed by atoms with Crippen LogP contribution in [0.4, 0.5) is 5.69 Å². The van der Waals surface area contributed by atoms with Crippen molar-refractivity contribution in [3.63, 3.8) is 0 Å². The molecule has 1 unspecified atom stereocenters. The van der Waals surface area contributed by atoms with E-state index in [9.17, 15) is 4.79 Å². The van der Waals surface area contributed by atoms with Crippen LogP contribution in [0.25, 0.3) is 10.9 Å². The van der Waals surface area contributed by atoms with Gasteiger partial charge in [0.25, 0.3) is 5.91 Å². The predicted octanol–water partition coefficient (Wildman–Crippen LogP) is 4.56. The van der Waals surface area contributed by atoms with Gasteiger partial charge >= 0.3 is 0 Å². The van der Waals surface area contributed by atoms with Crippen molar-refractivity contribution in [3.8, 4) is 5.75 Å². The van der Waals surface area contributed by atoms with E-state index < -0.39 is 5.60 Å². The lowest BCUT2D eigenvalue weighted by molar-refractivity contribution is -0.136. The molecule has 1 aromatic carbocycles. The first-order chi connectivity index (χ1) is 11.9. The van der Waals surface area contributed by atoms with E-state index in [4.69, 9.17) is 9.47 Å². The number of aromatic nitrogens is 1. The van der Waals surface area contributed by atoms with Crippen molar-refractivity contribution in [3.05, 3.63) is 30.5 Å². The fourth-order valence-corrected chi connectivity index (χ4v) is 2.68. The minimum Gasteiger partial charge on any atom is -0.489 e. The van der Waals surface area contributed by atoms with Crippen LogP contribution in [0.1, 0.15) is 47.0 Å². The Morgan fingerprint density at radius 2 is 2.08 bits per heavy atom. The van der Waals surface area contributed by atoms with Gasteiger partial charge in [0, 0.05) is 18.7 Å². The van der Waals surface area contributed by atoms with Gasteiger partial charge in [0.05, 0.1) is 11.8 Å². The van der Waals surface area contributed by atoms with E-state index in [1.165, 1.54) is 0 Å². The van der Waals surface area contributed by atoms with Gasteiger partial charge in [0.15, 0.2) is 0 Å². The number of carbonyl (C=O) groups excluding carboxylic acids is 1. The van der Waals surface area contributed by atoms with Gasteiger partial charge < -0.3 is 14.8 Å². The number of amides is 1. The third-order valence-electron chi connectivity index (χ3n) is 4.28. The topological polar surface area (TPSA) is 60.5 Å². The van der Waals surface area contributed by atoms with Gasteiger partial charge in [-0.05, 0) is 51.5 Å². The second-order valence-electron chi connectivity index (χ2n) is 6.67. The van der Waals surface area contributed by atoms with Crippen LogP contribution in [0.3, 0.4) is 0 Å². The average Bonchev–Trinajstić information content (AvgIpc) is 2.61. The first-order valence-corrected chi connectivity index (χ1v) is 8.82. The molecule has 1 atom stereocenters. The Morgan fingerprint density at radius 3 is 2.72 bits per heavy atom. The number of rotatable bonds is 8. The molecule has 0 saturated carbocycles. The molecule has 5 heteroatoms. The molecule has 0 fully saturated rings. The Bertz CT molecular complexity index is 730. The van der Waals surface area contributed by atoms with Crippen LogP contribution in [-0.2, 0) is 9.53 Å². The van der Waals surface area contributed by atoms with Gasteiger partial charge in [-0.25, -0.2) is 0 Å². The summed E-state index contributed by atoms with van der Waals surface area (Å²) in [6.45, 7) is 7.87. The van der Waals surface area contributed by atoms with E-state index in [0.29, 0.717) is 17.9 Å². The third-order valence-corrected chi connectivity index (χ3v) is 4.28. The fourth-order valence-electron chi connectivity index (χ4n) is 2.68. The van der Waals surface area contributed by atoms with E-state index in [-0.39, 0.29) is 12.0 Å². The van der Waals surface area contributed by atoms with Gasteiger partial charge in [-0.15, -0.1) is 0 Å². The zero-order valence-corrected chi connectivity index (χ0v) is 15.8. The molecule has 1 N–H and O–H groups in total. The van der Waals surface area contributed by atoms with Gasteiger partial charge in [0.2, 0.25) is 0 Å². The fraction of sp³-hybridized carbons (Fsp3) is 0.500. The highest BCUT2D eigenvalue weighted by Crippen LogP contribution is 2.31. The Balaban J connectivity index is 2.34. The van der Waals surface area contributed by atoms with Crippen molar-refractivity contribution in [2.75, 3.05) is 12.4 Å². The van der Waals surface area contributed by atoms with Crippen LogP contribution in [0, 0.1) is 0 Å². The molecule has 0 bridgehead atoms. The maximum atomic E-state index is 12.8. The minimum atomic E-state index is -0.850. The molecule has 1 heterocycles. The van der Waals surface area contributed by atoms with E-state index in [2.05, 4.69) is 17.2 Å². The Kier molecular flexibility index (Phi) is 6.37. The van der Waals surface area contributed by atoms with Crippen LogP contribution in [0.15, 0.2) is 30.5 Å². The molecule has 0 aliphatic carbocycles. The maximum Gasteiger partial charge on any atom is 0.256 e. The quantitative estimate of drug-likeness (QED) is 0.763. The summed E-state index contributed by atoms with van der Waals surface area (Å²) < 4.78 is 11.3. The highest BCUT2D eigenvalue weighted by atomic mass is 16.5. The maximum absolute atomic E-state index is 12.8. The number of ether oxygens (including phenoxy) is 2. The molecular weight excluding hydrogens is 316 g/mol. The Labute approximate surface area is 149 Å². The number of benzene rings is 1. The Morgan fingerprint density at radius 1 is 1.32 bits per heavy atom. The number of hydrogen-bond donors (Lipinski definition) is 1. The molecule has 0 spiro atoms. The van der Waals surface area contributed by atoms with Crippen molar-refractivity contribution in [1.29, 1.82) is 0 Å². The number of nitrogens with one attached hydrogen (secondary N) is 1. The van der Waals surface area contributed by atoms with Gasteiger partial charge in [-0.1, -0.05) is 19.8 Å². The van der Waals surface area contributed by atoms with Gasteiger partial charge in [-0.3, -0.25) is 9.78 Å². The molecule has 2 aromatic rings. The van der Waals surface area contributed by atoms with Crippen molar-refractivity contribution in [2.24, 2.45) is 0 Å². The molecular formula is C20H28N2O3. The molecule has 0 aliphatic heterocycles. The first kappa shape index (κ1) is 19.2. The molecule has 0 radical (unpaired) electrons. The molecule has 5 nitrogen and oxygen atoms in total. The zero-order chi connectivity index (χ0) is 18.4. The number of carbonyl (C=O) groups is 1. The molecule has 0 aliphatic rings. The lowest BCUT2D eigenvalue weighted by atomic mass is 9.97. The Hall–Kier alpha value is -2.14. The SMILES string of the molecule is CCCCC(C)(OC)C(=O)Nc1ccc(OC(C)C)c2ncccc12. The van der Waals surface area contributed by atoms with E-state index in [0.717, 1.165) is 23.7 Å². The molecule has 136 valence electrons. The van der Waals surface area contributed by atoms with E-state index in [1.54, 1.807) is 13.3 Å². The molecule has 2 rings (SSSR count). The summed E-state index contributed by atoms with van der Waals surface area (Å²) in [6.07, 6.45) is 4.40. The lowest BCUT2D eigenvalue weighted by Gasteiger charge is -2.27. The van der Waals surface area contributed by atoms with Crippen molar-refractivity contribution >= 4 is 22.5 Å². The van der Waals surface area contributed by atoms with Crippen LogP contribution < -0.4 is 10.1 Å². The van der Waals surface area contributed by atoms with Gasteiger partial charge in [0.1, 0.15) is 16.9 Å². The molecule has 1 amide bonds. The molecule has 1 aromatic heterocycles. The summed E-state index contributed by atoms with van der Waals surface area (Å²) in [5.74, 6) is 0.565. The van der Waals surface area contributed by atoms with Crippen molar-refractivity contribution in [1.82, 2.24) is 4.98 Å². The van der Waals surface area contributed by atoms with Crippen LogP contribution in [0.5, 0.6) is 5.75 Å². The smallest absolute Gasteiger partial charge is 0.256 e. The van der Waals surface area contributed by atoms with Crippen LogP contribution in [-0.4, -0.2) is 29.7 Å². The number of pyridine rings is 1. The summed E-state index contributed by atoms with van der Waals surface area (Å²) in [6, 6.07) is 7.49. The summed E-state index contributed by atoms with van der Waals surface area (Å²) in [5, 5.41) is 3.86. The van der Waals surface area contributed by atoms with Crippen molar-refractivity contribution in [2.45, 2.75) is 58.7 Å². The predicted molar refractivity (Wildman–Crippen MR) is 101 cm³/mol. The second-order valence-corrected chi connectivity index (χ2v) is 6.67. The van der Waals surface area contributed by atoms with E-state index >= 15 is 0 Å². The van der Waals surface area contributed by atoms with Gasteiger partial charge in [-0.2, -0.15) is 0 Å². The minimum absolute atomic E-state index is 0.0523. The molecule has 0 saturated heterocycles.